The fourth-order valence-corrected chi connectivity index (χ4v) is 1.61. The minimum absolute atomic E-state index is 0.0204. The number of likely N-dealkylation sites (N-methyl/N-ethyl adjacent to an activating group) is 1. The molecule has 14 heavy (non-hydrogen) atoms. The number of nitrogens with zero attached hydrogens (tertiary/aromatic N) is 2. The molecule has 0 fully saturated rings. The number of aromatic carboxylic acids is 1. The van der Waals surface area contributed by atoms with Crippen molar-refractivity contribution in [2.45, 2.75) is 0 Å². The first kappa shape index (κ1) is 10.5. The monoisotopic (exact) mass is 215 g/mol. The number of nitrogens with two attached hydrogens (primary N) is 1. The Kier molecular flexibility index (Phi) is 3.03. The lowest BCUT2D eigenvalue weighted by Crippen LogP contribution is -2.30. The van der Waals surface area contributed by atoms with Crippen LogP contribution in [0.5, 0.6) is 0 Å². The van der Waals surface area contributed by atoms with Gasteiger partial charge in [0, 0.05) is 12.4 Å². The number of carbonyl (C=O) groups excluding carboxylic acids is 1. The van der Waals surface area contributed by atoms with E-state index < -0.39 is 11.9 Å². The van der Waals surface area contributed by atoms with E-state index in [0.717, 1.165) is 11.3 Å². The van der Waals surface area contributed by atoms with Crippen molar-refractivity contribution in [2.75, 3.05) is 18.5 Å². The first-order valence-electron chi connectivity index (χ1n) is 3.69. The molecule has 0 aliphatic rings. The van der Waals surface area contributed by atoms with E-state index in [9.17, 15) is 9.59 Å². The van der Waals surface area contributed by atoms with E-state index in [1.54, 1.807) is 7.05 Å². The quantitative estimate of drug-likeness (QED) is 0.722. The molecular weight excluding hydrogens is 206 g/mol. The van der Waals surface area contributed by atoms with Crippen molar-refractivity contribution in [2.24, 2.45) is 5.73 Å². The molecule has 0 aliphatic heterocycles. The van der Waals surface area contributed by atoms with Gasteiger partial charge in [-0.1, -0.05) is 0 Å². The maximum Gasteiger partial charge on any atom is 0.355 e. The summed E-state index contributed by atoms with van der Waals surface area (Å²) in [5, 5.41) is 10.5. The van der Waals surface area contributed by atoms with Crippen LogP contribution in [0.2, 0.25) is 0 Å². The van der Waals surface area contributed by atoms with Gasteiger partial charge in [-0.05, 0) is 0 Å². The van der Waals surface area contributed by atoms with E-state index >= 15 is 0 Å². The highest BCUT2D eigenvalue weighted by atomic mass is 32.1. The largest absolute Gasteiger partial charge is 0.476 e. The zero-order chi connectivity index (χ0) is 10.7. The Morgan fingerprint density at radius 3 is 2.79 bits per heavy atom. The third kappa shape index (κ3) is 2.43. The van der Waals surface area contributed by atoms with Gasteiger partial charge in [-0.3, -0.25) is 4.79 Å². The normalized spacial score (nSPS) is 9.79. The molecule has 76 valence electrons. The molecule has 1 heterocycles. The van der Waals surface area contributed by atoms with E-state index in [4.69, 9.17) is 10.8 Å². The van der Waals surface area contributed by atoms with Gasteiger partial charge in [0.1, 0.15) is 0 Å². The lowest BCUT2D eigenvalue weighted by molar-refractivity contribution is -0.116. The second kappa shape index (κ2) is 4.05. The van der Waals surface area contributed by atoms with E-state index in [1.807, 2.05) is 0 Å². The van der Waals surface area contributed by atoms with E-state index in [1.165, 1.54) is 10.3 Å². The van der Waals surface area contributed by atoms with Crippen LogP contribution in [0.4, 0.5) is 5.13 Å². The molecule has 0 bridgehead atoms. The van der Waals surface area contributed by atoms with Crippen LogP contribution in [0.15, 0.2) is 5.38 Å². The average molecular weight is 215 g/mol. The van der Waals surface area contributed by atoms with E-state index in [0.29, 0.717) is 5.13 Å². The summed E-state index contributed by atoms with van der Waals surface area (Å²) in [7, 11) is 1.62. The fraction of sp³-hybridized carbons (Fsp3) is 0.286. The van der Waals surface area contributed by atoms with Crippen LogP contribution in [0, 0.1) is 0 Å². The number of rotatable bonds is 4. The third-order valence-corrected chi connectivity index (χ3v) is 2.39. The Labute approximate surface area is 84.0 Å². The minimum atomic E-state index is -1.08. The van der Waals surface area contributed by atoms with Gasteiger partial charge in [-0.25, -0.2) is 9.78 Å². The number of hydrogen-bond acceptors (Lipinski definition) is 5. The molecule has 1 aromatic heterocycles. The summed E-state index contributed by atoms with van der Waals surface area (Å²) in [6.07, 6.45) is 0. The number of primary amides is 1. The lowest BCUT2D eigenvalue weighted by atomic mass is 10.5. The number of aromatic nitrogens is 1. The first-order chi connectivity index (χ1) is 6.50. The van der Waals surface area contributed by atoms with Crippen molar-refractivity contribution in [1.82, 2.24) is 4.98 Å². The summed E-state index contributed by atoms with van der Waals surface area (Å²) >= 11 is 1.15. The van der Waals surface area contributed by atoms with Crippen molar-refractivity contribution >= 4 is 28.3 Å². The van der Waals surface area contributed by atoms with Crippen LogP contribution >= 0.6 is 11.3 Å². The number of amides is 1. The third-order valence-electron chi connectivity index (χ3n) is 1.43. The molecule has 0 unspecified atom stereocenters. The molecule has 0 aromatic carbocycles. The van der Waals surface area contributed by atoms with Gasteiger partial charge < -0.3 is 15.7 Å². The summed E-state index contributed by atoms with van der Waals surface area (Å²) < 4.78 is 0. The first-order valence-corrected chi connectivity index (χ1v) is 4.57. The lowest BCUT2D eigenvalue weighted by Gasteiger charge is -2.12. The summed E-state index contributed by atoms with van der Waals surface area (Å²) in [5.41, 5.74) is 4.95. The van der Waals surface area contributed by atoms with Crippen molar-refractivity contribution in [1.29, 1.82) is 0 Å². The van der Waals surface area contributed by atoms with Gasteiger partial charge in [0.2, 0.25) is 5.91 Å². The minimum Gasteiger partial charge on any atom is -0.476 e. The molecule has 1 rings (SSSR count). The highest BCUT2D eigenvalue weighted by Gasteiger charge is 2.12. The molecule has 0 spiro atoms. The van der Waals surface area contributed by atoms with Crippen LogP contribution < -0.4 is 10.6 Å². The van der Waals surface area contributed by atoms with Gasteiger partial charge in [0.15, 0.2) is 10.8 Å². The van der Waals surface area contributed by atoms with E-state index in [-0.39, 0.29) is 12.2 Å². The average Bonchev–Trinajstić information content (AvgIpc) is 2.50. The summed E-state index contributed by atoms with van der Waals surface area (Å²) in [4.78, 5) is 26.4. The summed E-state index contributed by atoms with van der Waals surface area (Å²) in [5.74, 6) is -1.57. The maximum absolute atomic E-state index is 10.6. The Balaban J connectivity index is 2.76. The molecule has 0 saturated carbocycles. The second-order valence-corrected chi connectivity index (χ2v) is 3.48. The Morgan fingerprint density at radius 2 is 2.36 bits per heavy atom. The number of hydrogen-bond donors (Lipinski definition) is 2. The standard InChI is InChI=1S/C7H9N3O3S/c1-10(2-5(8)11)7-9-4(3-14-7)6(12)13/h3H,2H2,1H3,(H2,8,11)(H,12,13). The molecule has 6 nitrogen and oxygen atoms in total. The highest BCUT2D eigenvalue weighted by molar-refractivity contribution is 7.13. The summed E-state index contributed by atoms with van der Waals surface area (Å²) in [6.45, 7) is 0.0204. The molecule has 0 saturated heterocycles. The van der Waals surface area contributed by atoms with Crippen LogP contribution in [-0.4, -0.2) is 35.6 Å². The molecule has 0 radical (unpaired) electrons. The number of anilines is 1. The Bertz CT molecular complexity index is 363. The Morgan fingerprint density at radius 1 is 1.71 bits per heavy atom. The van der Waals surface area contributed by atoms with Gasteiger partial charge in [-0.15, -0.1) is 11.3 Å². The fourth-order valence-electron chi connectivity index (χ4n) is 0.839. The van der Waals surface area contributed by atoms with Gasteiger partial charge in [0.25, 0.3) is 0 Å². The molecular formula is C7H9N3O3S. The second-order valence-electron chi connectivity index (χ2n) is 2.64. The Hall–Kier alpha value is -1.63. The number of carbonyl (C=O) groups is 2. The zero-order valence-electron chi connectivity index (χ0n) is 7.43. The molecule has 1 amide bonds. The topological polar surface area (TPSA) is 96.5 Å². The zero-order valence-corrected chi connectivity index (χ0v) is 8.24. The predicted octanol–water partition coefficient (Wildman–Crippen LogP) is -0.237. The van der Waals surface area contributed by atoms with Crippen molar-refractivity contribution in [3.05, 3.63) is 11.1 Å². The van der Waals surface area contributed by atoms with Gasteiger partial charge in [0.05, 0.1) is 6.54 Å². The SMILES string of the molecule is CN(CC(N)=O)c1nc(C(=O)O)cs1. The number of thiazole rings is 1. The highest BCUT2D eigenvalue weighted by Crippen LogP contribution is 2.18. The van der Waals surface area contributed by atoms with Gasteiger partial charge >= 0.3 is 5.97 Å². The van der Waals surface area contributed by atoms with Crippen LogP contribution in [0.25, 0.3) is 0 Å². The maximum atomic E-state index is 10.6. The van der Waals surface area contributed by atoms with Crippen LogP contribution in [0.3, 0.4) is 0 Å². The van der Waals surface area contributed by atoms with Crippen LogP contribution in [0.1, 0.15) is 10.5 Å². The number of carboxylic acid groups (broad SMARTS) is 1. The molecule has 3 N–H and O–H groups in total. The number of carboxylic acids is 1. The van der Waals surface area contributed by atoms with Crippen molar-refractivity contribution in [3.8, 4) is 0 Å². The predicted molar refractivity (Wildman–Crippen MR) is 51.5 cm³/mol. The van der Waals surface area contributed by atoms with E-state index in [2.05, 4.69) is 4.98 Å². The molecule has 7 heteroatoms. The van der Waals surface area contributed by atoms with Crippen LogP contribution in [-0.2, 0) is 4.79 Å². The smallest absolute Gasteiger partial charge is 0.355 e. The molecule has 0 aliphatic carbocycles. The summed E-state index contributed by atoms with van der Waals surface area (Å²) in [6, 6.07) is 0. The molecule has 1 aromatic rings. The van der Waals surface area contributed by atoms with Crippen molar-refractivity contribution < 1.29 is 14.7 Å². The van der Waals surface area contributed by atoms with Crippen molar-refractivity contribution in [3.63, 3.8) is 0 Å². The molecule has 0 atom stereocenters. The van der Waals surface area contributed by atoms with Gasteiger partial charge in [-0.2, -0.15) is 0 Å².